The van der Waals surface area contributed by atoms with Crippen LogP contribution in [0.3, 0.4) is 0 Å². The van der Waals surface area contributed by atoms with Gasteiger partial charge in [0, 0.05) is 40.3 Å². The average molecular weight is 397 g/mol. The van der Waals surface area contributed by atoms with Crippen molar-refractivity contribution in [3.63, 3.8) is 0 Å². The summed E-state index contributed by atoms with van der Waals surface area (Å²) in [4.78, 5) is 16.0. The fraction of sp³-hybridized carbons (Fsp3) is 0.0500. The van der Waals surface area contributed by atoms with Gasteiger partial charge in [-0.25, -0.2) is 9.37 Å². The van der Waals surface area contributed by atoms with Crippen molar-refractivity contribution in [2.75, 3.05) is 0 Å². The zero-order chi connectivity index (χ0) is 19.7. The Morgan fingerprint density at radius 1 is 1.25 bits per heavy atom. The standard InChI is InChI=1S/C20H14ClFN4O2/c21-13-3-6-17-15(7-13)16(18(27)8-19(28)20-23-11-24-25-20)10-26(17)9-12-1-4-14(22)5-2-12/h1-8,10-11,27H,9H2,(H,23,24,25)/b18-8+. The van der Waals surface area contributed by atoms with Crippen molar-refractivity contribution in [1.29, 1.82) is 0 Å². The molecule has 0 fully saturated rings. The highest BCUT2D eigenvalue weighted by molar-refractivity contribution is 6.31. The van der Waals surface area contributed by atoms with E-state index in [9.17, 15) is 14.3 Å². The number of nitrogens with zero attached hydrogens (tertiary/aromatic N) is 3. The van der Waals surface area contributed by atoms with Gasteiger partial charge in [-0.3, -0.25) is 9.89 Å². The molecule has 0 unspecified atom stereocenters. The van der Waals surface area contributed by atoms with Crippen molar-refractivity contribution in [3.05, 3.63) is 88.9 Å². The lowest BCUT2D eigenvalue weighted by Gasteiger charge is -2.05. The van der Waals surface area contributed by atoms with E-state index in [0.29, 0.717) is 22.5 Å². The number of aromatic amines is 1. The Hall–Kier alpha value is -3.45. The Labute approximate surface area is 163 Å². The monoisotopic (exact) mass is 396 g/mol. The molecule has 8 heteroatoms. The molecule has 2 N–H and O–H groups in total. The molecule has 4 aromatic rings. The highest BCUT2D eigenvalue weighted by Crippen LogP contribution is 2.29. The van der Waals surface area contributed by atoms with E-state index in [4.69, 9.17) is 11.6 Å². The maximum atomic E-state index is 13.2. The number of allylic oxidation sites excluding steroid dienone is 1. The Morgan fingerprint density at radius 2 is 2.04 bits per heavy atom. The summed E-state index contributed by atoms with van der Waals surface area (Å²) in [5, 5.41) is 17.8. The number of hydrogen-bond acceptors (Lipinski definition) is 4. The summed E-state index contributed by atoms with van der Waals surface area (Å²) < 4.78 is 15.1. The fourth-order valence-electron chi connectivity index (χ4n) is 2.99. The van der Waals surface area contributed by atoms with Crippen LogP contribution in [-0.2, 0) is 6.54 Å². The number of rotatable bonds is 5. The molecule has 0 saturated carbocycles. The van der Waals surface area contributed by atoms with Gasteiger partial charge in [0.15, 0.2) is 5.82 Å². The second-order valence-corrected chi connectivity index (χ2v) is 6.62. The van der Waals surface area contributed by atoms with Gasteiger partial charge in [-0.15, -0.1) is 0 Å². The lowest BCUT2D eigenvalue weighted by molar-refractivity contribution is 0.103. The minimum Gasteiger partial charge on any atom is -0.507 e. The second kappa shape index (κ2) is 7.28. The minimum absolute atomic E-state index is 0.0274. The lowest BCUT2D eigenvalue weighted by atomic mass is 10.1. The molecule has 0 aliphatic heterocycles. The second-order valence-electron chi connectivity index (χ2n) is 6.19. The summed E-state index contributed by atoms with van der Waals surface area (Å²) in [6.07, 6.45) is 4.02. The van der Waals surface area contributed by atoms with Crippen LogP contribution in [0, 0.1) is 5.82 Å². The quantitative estimate of drug-likeness (QED) is 0.298. The summed E-state index contributed by atoms with van der Waals surface area (Å²) in [5.74, 6) is -0.997. The summed E-state index contributed by atoms with van der Waals surface area (Å²) in [7, 11) is 0. The molecule has 140 valence electrons. The number of hydrogen-bond donors (Lipinski definition) is 2. The molecule has 0 saturated heterocycles. The Balaban J connectivity index is 1.76. The van der Waals surface area contributed by atoms with E-state index in [0.717, 1.165) is 17.2 Å². The zero-order valence-corrected chi connectivity index (χ0v) is 15.2. The molecule has 2 aromatic heterocycles. The average Bonchev–Trinajstić information content (AvgIpc) is 3.32. The van der Waals surface area contributed by atoms with E-state index in [1.807, 2.05) is 10.6 Å². The third-order valence-corrected chi connectivity index (χ3v) is 4.54. The van der Waals surface area contributed by atoms with E-state index >= 15 is 0 Å². The van der Waals surface area contributed by atoms with Gasteiger partial charge in [0.1, 0.15) is 17.9 Å². The van der Waals surface area contributed by atoms with Crippen LogP contribution in [0.4, 0.5) is 4.39 Å². The van der Waals surface area contributed by atoms with Gasteiger partial charge in [-0.2, -0.15) is 5.10 Å². The molecule has 0 radical (unpaired) electrons. The van der Waals surface area contributed by atoms with Crippen LogP contribution in [0.1, 0.15) is 21.7 Å². The Bertz CT molecular complexity index is 1180. The van der Waals surface area contributed by atoms with Gasteiger partial charge in [-0.1, -0.05) is 23.7 Å². The van der Waals surface area contributed by atoms with Crippen LogP contribution < -0.4 is 0 Å². The maximum absolute atomic E-state index is 13.2. The van der Waals surface area contributed by atoms with Gasteiger partial charge < -0.3 is 9.67 Å². The molecule has 0 bridgehead atoms. The number of aromatic nitrogens is 4. The minimum atomic E-state index is -0.503. The first kappa shape index (κ1) is 17.9. The third kappa shape index (κ3) is 3.52. The first-order valence-electron chi connectivity index (χ1n) is 8.35. The van der Waals surface area contributed by atoms with Gasteiger partial charge in [0.25, 0.3) is 0 Å². The number of H-pyrrole nitrogens is 1. The number of aliphatic hydroxyl groups excluding tert-OH is 1. The van der Waals surface area contributed by atoms with Crippen molar-refractivity contribution in [2.24, 2.45) is 0 Å². The van der Waals surface area contributed by atoms with Gasteiger partial charge >= 0.3 is 0 Å². The first-order chi connectivity index (χ1) is 13.5. The van der Waals surface area contributed by atoms with Crippen LogP contribution in [0.25, 0.3) is 16.7 Å². The van der Waals surface area contributed by atoms with Crippen LogP contribution in [0.5, 0.6) is 0 Å². The van der Waals surface area contributed by atoms with Crippen LogP contribution in [0.2, 0.25) is 5.02 Å². The van der Waals surface area contributed by atoms with Crippen molar-refractivity contribution in [3.8, 4) is 0 Å². The van der Waals surface area contributed by atoms with Gasteiger partial charge in [0.2, 0.25) is 5.78 Å². The molecule has 0 atom stereocenters. The highest BCUT2D eigenvalue weighted by atomic mass is 35.5. The van der Waals surface area contributed by atoms with Crippen molar-refractivity contribution in [1.82, 2.24) is 19.7 Å². The Morgan fingerprint density at radius 3 is 2.75 bits per heavy atom. The van der Waals surface area contributed by atoms with Crippen molar-refractivity contribution < 1.29 is 14.3 Å². The summed E-state index contributed by atoms with van der Waals surface area (Å²) in [6, 6.07) is 11.5. The molecule has 0 spiro atoms. The molecule has 0 aliphatic carbocycles. The predicted octanol–water partition coefficient (Wildman–Crippen LogP) is 4.38. The molecule has 0 aliphatic rings. The van der Waals surface area contributed by atoms with Crippen molar-refractivity contribution in [2.45, 2.75) is 6.54 Å². The van der Waals surface area contributed by atoms with Crippen molar-refractivity contribution >= 4 is 34.0 Å². The van der Waals surface area contributed by atoms with E-state index in [1.54, 1.807) is 30.5 Å². The number of aliphatic hydroxyl groups is 1. The summed E-state index contributed by atoms with van der Waals surface area (Å²) in [5.41, 5.74) is 2.16. The molecule has 2 heterocycles. The van der Waals surface area contributed by atoms with Gasteiger partial charge in [0.05, 0.1) is 0 Å². The number of carbonyl (C=O) groups excluding carboxylic acids is 1. The normalized spacial score (nSPS) is 11.9. The molecular weight excluding hydrogens is 383 g/mol. The third-order valence-electron chi connectivity index (χ3n) is 4.30. The largest absolute Gasteiger partial charge is 0.507 e. The van der Waals surface area contributed by atoms with E-state index in [-0.39, 0.29) is 17.4 Å². The topological polar surface area (TPSA) is 83.8 Å². The van der Waals surface area contributed by atoms with E-state index < -0.39 is 5.78 Å². The molecule has 2 aromatic carbocycles. The number of fused-ring (bicyclic) bond motifs is 1. The molecule has 28 heavy (non-hydrogen) atoms. The molecule has 6 nitrogen and oxygen atoms in total. The predicted molar refractivity (Wildman–Crippen MR) is 104 cm³/mol. The molecule has 0 amide bonds. The Kier molecular flexibility index (Phi) is 4.67. The van der Waals surface area contributed by atoms with Gasteiger partial charge in [-0.05, 0) is 35.9 Å². The van der Waals surface area contributed by atoms with E-state index in [1.165, 1.54) is 18.5 Å². The number of ketones is 1. The fourth-order valence-corrected chi connectivity index (χ4v) is 3.16. The molecule has 4 rings (SSSR count). The number of carbonyl (C=O) groups is 1. The number of benzene rings is 2. The van der Waals surface area contributed by atoms with Crippen LogP contribution in [-0.4, -0.2) is 30.6 Å². The van der Waals surface area contributed by atoms with Crippen LogP contribution >= 0.6 is 11.6 Å². The molecular formula is C20H14ClFN4O2. The number of nitrogens with one attached hydrogen (secondary N) is 1. The summed E-state index contributed by atoms with van der Waals surface area (Å²) >= 11 is 6.13. The maximum Gasteiger partial charge on any atom is 0.226 e. The van der Waals surface area contributed by atoms with E-state index in [2.05, 4.69) is 15.2 Å². The number of halogens is 2. The van der Waals surface area contributed by atoms with Crippen LogP contribution in [0.15, 0.2) is 61.1 Å². The zero-order valence-electron chi connectivity index (χ0n) is 14.4. The first-order valence-corrected chi connectivity index (χ1v) is 8.72. The summed E-state index contributed by atoms with van der Waals surface area (Å²) in [6.45, 7) is 0.460. The highest BCUT2D eigenvalue weighted by Gasteiger charge is 2.15. The smallest absolute Gasteiger partial charge is 0.226 e. The lowest BCUT2D eigenvalue weighted by Crippen LogP contribution is -1.99. The SMILES string of the molecule is O=C(/C=C(/O)c1cn(Cc2ccc(F)cc2)c2ccc(Cl)cc12)c1ncn[nH]1.